The molecule has 2 heteroatoms. The van der Waals surface area contributed by atoms with Gasteiger partial charge in [0, 0.05) is 19.6 Å². The van der Waals surface area contributed by atoms with E-state index in [4.69, 9.17) is 5.73 Å². The summed E-state index contributed by atoms with van der Waals surface area (Å²) < 4.78 is 0. The molecule has 0 radical (unpaired) electrons. The SMILES string of the molecule is CC(C)C(CN)CN(CC1CC1)CC1CC1. The van der Waals surface area contributed by atoms with Gasteiger partial charge in [-0.1, -0.05) is 13.8 Å². The number of rotatable bonds is 8. The first-order valence-electron chi connectivity index (χ1n) is 7.11. The lowest BCUT2D eigenvalue weighted by atomic mass is 9.95. The Hall–Kier alpha value is -0.0800. The molecule has 1 atom stereocenters. The predicted octanol–water partition coefficient (Wildman–Crippen LogP) is 2.34. The van der Waals surface area contributed by atoms with Crippen LogP contribution in [-0.4, -0.2) is 31.1 Å². The van der Waals surface area contributed by atoms with E-state index < -0.39 is 0 Å². The summed E-state index contributed by atoms with van der Waals surface area (Å²) >= 11 is 0. The summed E-state index contributed by atoms with van der Waals surface area (Å²) in [5, 5.41) is 0. The zero-order valence-electron chi connectivity index (χ0n) is 11.0. The molecule has 0 amide bonds. The molecule has 0 aromatic carbocycles. The van der Waals surface area contributed by atoms with E-state index >= 15 is 0 Å². The Labute approximate surface area is 101 Å². The predicted molar refractivity (Wildman–Crippen MR) is 69.3 cm³/mol. The smallest absolute Gasteiger partial charge is 0.00244 e. The molecule has 2 aliphatic carbocycles. The van der Waals surface area contributed by atoms with E-state index in [1.807, 2.05) is 0 Å². The molecule has 2 fully saturated rings. The molecule has 2 saturated carbocycles. The van der Waals surface area contributed by atoms with Gasteiger partial charge >= 0.3 is 0 Å². The van der Waals surface area contributed by atoms with Crippen molar-refractivity contribution >= 4 is 0 Å². The van der Waals surface area contributed by atoms with Crippen LogP contribution in [0.3, 0.4) is 0 Å². The molecule has 0 saturated heterocycles. The van der Waals surface area contributed by atoms with Crippen LogP contribution < -0.4 is 5.73 Å². The number of nitrogens with two attached hydrogens (primary N) is 1. The molecule has 2 nitrogen and oxygen atoms in total. The minimum absolute atomic E-state index is 0.692. The second-order valence-corrected chi connectivity index (χ2v) is 6.35. The molecule has 0 aliphatic heterocycles. The largest absolute Gasteiger partial charge is 0.330 e. The first kappa shape index (κ1) is 12.4. The second-order valence-electron chi connectivity index (χ2n) is 6.35. The lowest BCUT2D eigenvalue weighted by Crippen LogP contribution is -2.37. The first-order chi connectivity index (χ1) is 7.69. The van der Waals surface area contributed by atoms with Crippen molar-refractivity contribution in [2.45, 2.75) is 39.5 Å². The zero-order valence-corrected chi connectivity index (χ0v) is 11.0. The Morgan fingerprint density at radius 3 is 1.88 bits per heavy atom. The van der Waals surface area contributed by atoms with Crippen molar-refractivity contribution in [1.82, 2.24) is 4.90 Å². The summed E-state index contributed by atoms with van der Waals surface area (Å²) in [6.07, 6.45) is 5.87. The van der Waals surface area contributed by atoms with Crippen LogP contribution in [0.1, 0.15) is 39.5 Å². The average Bonchev–Trinajstić information content (AvgIpc) is 3.08. The van der Waals surface area contributed by atoms with Gasteiger partial charge in [-0.25, -0.2) is 0 Å². The van der Waals surface area contributed by atoms with Crippen LogP contribution in [0, 0.1) is 23.7 Å². The van der Waals surface area contributed by atoms with Gasteiger partial charge in [0.25, 0.3) is 0 Å². The summed E-state index contributed by atoms with van der Waals surface area (Å²) in [5.74, 6) is 3.46. The van der Waals surface area contributed by atoms with Gasteiger partial charge in [0.05, 0.1) is 0 Å². The number of hydrogen-bond donors (Lipinski definition) is 1. The summed E-state index contributed by atoms with van der Waals surface area (Å²) in [4.78, 5) is 2.72. The van der Waals surface area contributed by atoms with Crippen molar-refractivity contribution in [3.63, 3.8) is 0 Å². The van der Waals surface area contributed by atoms with Crippen LogP contribution in [0.5, 0.6) is 0 Å². The molecule has 1 unspecified atom stereocenters. The van der Waals surface area contributed by atoms with E-state index in [1.54, 1.807) is 0 Å². The van der Waals surface area contributed by atoms with Gasteiger partial charge in [0.15, 0.2) is 0 Å². The van der Waals surface area contributed by atoms with Crippen molar-refractivity contribution in [3.8, 4) is 0 Å². The van der Waals surface area contributed by atoms with Crippen molar-refractivity contribution in [2.75, 3.05) is 26.2 Å². The molecule has 2 aliphatic rings. The molecule has 94 valence electrons. The van der Waals surface area contributed by atoms with Gasteiger partial charge in [-0.2, -0.15) is 0 Å². The third-order valence-corrected chi connectivity index (χ3v) is 4.16. The third kappa shape index (κ3) is 4.06. The van der Waals surface area contributed by atoms with E-state index in [9.17, 15) is 0 Å². The van der Waals surface area contributed by atoms with E-state index in [0.717, 1.165) is 24.3 Å². The Bertz CT molecular complexity index is 193. The summed E-state index contributed by atoms with van der Waals surface area (Å²) in [6, 6.07) is 0. The average molecular weight is 224 g/mol. The summed E-state index contributed by atoms with van der Waals surface area (Å²) in [5.41, 5.74) is 5.89. The van der Waals surface area contributed by atoms with Crippen LogP contribution in [-0.2, 0) is 0 Å². The highest BCUT2D eigenvalue weighted by molar-refractivity contribution is 4.83. The monoisotopic (exact) mass is 224 g/mol. The van der Waals surface area contributed by atoms with Gasteiger partial charge < -0.3 is 10.6 Å². The quantitative estimate of drug-likeness (QED) is 0.686. The van der Waals surface area contributed by atoms with Crippen molar-refractivity contribution in [1.29, 1.82) is 0 Å². The number of nitrogens with zero attached hydrogens (tertiary/aromatic N) is 1. The molecular formula is C14H28N2. The lowest BCUT2D eigenvalue weighted by Gasteiger charge is -2.29. The van der Waals surface area contributed by atoms with E-state index in [0.29, 0.717) is 5.92 Å². The zero-order chi connectivity index (χ0) is 11.5. The normalized spacial score (nSPS) is 23.1. The molecular weight excluding hydrogens is 196 g/mol. The third-order valence-electron chi connectivity index (χ3n) is 4.16. The van der Waals surface area contributed by atoms with E-state index in [-0.39, 0.29) is 0 Å². The molecule has 0 heterocycles. The first-order valence-corrected chi connectivity index (χ1v) is 7.11. The van der Waals surface area contributed by atoms with Crippen LogP contribution in [0.15, 0.2) is 0 Å². The molecule has 2 N–H and O–H groups in total. The molecule has 16 heavy (non-hydrogen) atoms. The van der Waals surface area contributed by atoms with Gasteiger partial charge in [0.2, 0.25) is 0 Å². The highest BCUT2D eigenvalue weighted by Crippen LogP contribution is 2.34. The fourth-order valence-electron chi connectivity index (χ4n) is 2.44. The Morgan fingerprint density at radius 2 is 1.56 bits per heavy atom. The standard InChI is InChI=1S/C14H28N2/c1-11(2)14(7-15)10-16(8-12-3-4-12)9-13-5-6-13/h11-14H,3-10,15H2,1-2H3. The van der Waals surface area contributed by atoms with E-state index in [1.165, 1.54) is 45.3 Å². The minimum atomic E-state index is 0.692. The second kappa shape index (κ2) is 5.50. The van der Waals surface area contributed by atoms with Gasteiger partial charge in [0.1, 0.15) is 0 Å². The Balaban J connectivity index is 1.78. The highest BCUT2D eigenvalue weighted by Gasteiger charge is 2.30. The van der Waals surface area contributed by atoms with Crippen molar-refractivity contribution < 1.29 is 0 Å². The molecule has 2 rings (SSSR count). The van der Waals surface area contributed by atoms with Crippen LogP contribution in [0.4, 0.5) is 0 Å². The maximum atomic E-state index is 5.89. The molecule has 0 spiro atoms. The van der Waals surface area contributed by atoms with Gasteiger partial charge in [-0.05, 0) is 55.9 Å². The fraction of sp³-hybridized carbons (Fsp3) is 1.00. The Kier molecular flexibility index (Phi) is 4.26. The number of hydrogen-bond acceptors (Lipinski definition) is 2. The summed E-state index contributed by atoms with van der Waals surface area (Å²) in [7, 11) is 0. The maximum Gasteiger partial charge on any atom is 0.00244 e. The summed E-state index contributed by atoms with van der Waals surface area (Å²) in [6.45, 7) is 9.40. The van der Waals surface area contributed by atoms with Gasteiger partial charge in [-0.15, -0.1) is 0 Å². The van der Waals surface area contributed by atoms with Crippen LogP contribution >= 0.6 is 0 Å². The van der Waals surface area contributed by atoms with Gasteiger partial charge in [-0.3, -0.25) is 0 Å². The van der Waals surface area contributed by atoms with Crippen LogP contribution in [0.25, 0.3) is 0 Å². The molecule has 0 bridgehead atoms. The van der Waals surface area contributed by atoms with E-state index in [2.05, 4.69) is 18.7 Å². The minimum Gasteiger partial charge on any atom is -0.330 e. The lowest BCUT2D eigenvalue weighted by molar-refractivity contribution is 0.191. The van der Waals surface area contributed by atoms with Crippen molar-refractivity contribution in [3.05, 3.63) is 0 Å². The fourth-order valence-corrected chi connectivity index (χ4v) is 2.44. The topological polar surface area (TPSA) is 29.3 Å². The van der Waals surface area contributed by atoms with Crippen LogP contribution in [0.2, 0.25) is 0 Å². The maximum absolute atomic E-state index is 5.89. The molecule has 0 aromatic rings. The molecule has 0 aromatic heterocycles. The highest BCUT2D eigenvalue weighted by atomic mass is 15.1. The van der Waals surface area contributed by atoms with Crippen molar-refractivity contribution in [2.24, 2.45) is 29.4 Å². The Morgan fingerprint density at radius 1 is 1.06 bits per heavy atom.